The quantitative estimate of drug-likeness (QED) is 0.611. The van der Waals surface area contributed by atoms with E-state index in [0.29, 0.717) is 24.8 Å². The number of amides is 1. The van der Waals surface area contributed by atoms with Crippen molar-refractivity contribution in [3.8, 4) is 0 Å². The Hall–Kier alpha value is -1.11. The maximum Gasteiger partial charge on any atom is 0.410 e. The van der Waals surface area contributed by atoms with E-state index in [0.717, 1.165) is 12.0 Å². The molecule has 1 fully saturated rings. The molecule has 8 heteroatoms. The Morgan fingerprint density at radius 2 is 2.17 bits per heavy atom. The zero-order chi connectivity index (χ0) is 17.2. The fourth-order valence-electron chi connectivity index (χ4n) is 2.46. The van der Waals surface area contributed by atoms with Crippen molar-refractivity contribution in [2.45, 2.75) is 45.4 Å². The third kappa shape index (κ3) is 5.19. The lowest BCUT2D eigenvalue weighted by Crippen LogP contribution is -2.38. The van der Waals surface area contributed by atoms with E-state index in [-0.39, 0.29) is 17.4 Å². The van der Waals surface area contributed by atoms with Gasteiger partial charge in [0.05, 0.1) is 0 Å². The van der Waals surface area contributed by atoms with Crippen LogP contribution in [0.25, 0.3) is 0 Å². The topological polar surface area (TPSA) is 58.6 Å². The minimum absolute atomic E-state index is 0.137. The van der Waals surface area contributed by atoms with Crippen LogP contribution >= 0.6 is 23.2 Å². The number of carbonyl (C=O) groups is 1. The molecule has 1 amide bonds. The Morgan fingerprint density at radius 1 is 1.48 bits per heavy atom. The van der Waals surface area contributed by atoms with Gasteiger partial charge < -0.3 is 9.64 Å². The van der Waals surface area contributed by atoms with Gasteiger partial charge in [0.15, 0.2) is 0 Å². The van der Waals surface area contributed by atoms with Gasteiger partial charge in [-0.2, -0.15) is 0 Å². The number of nitrogens with zero attached hydrogens (tertiary/aromatic N) is 4. The number of halogens is 2. The fraction of sp³-hybridized carbons (Fsp3) is 0.667. The van der Waals surface area contributed by atoms with Crippen LogP contribution in [-0.2, 0) is 11.3 Å². The van der Waals surface area contributed by atoms with Gasteiger partial charge in [-0.15, -0.1) is 0 Å². The minimum atomic E-state index is -0.477. The predicted octanol–water partition coefficient (Wildman–Crippen LogP) is 3.22. The summed E-state index contributed by atoms with van der Waals surface area (Å²) in [4.78, 5) is 23.9. The molecule has 0 N–H and O–H groups in total. The second-order valence-corrected chi connectivity index (χ2v) is 7.44. The van der Waals surface area contributed by atoms with E-state index in [2.05, 4.69) is 14.9 Å². The molecule has 128 valence electrons. The van der Waals surface area contributed by atoms with Crippen molar-refractivity contribution in [1.82, 2.24) is 19.8 Å². The normalized spacial score (nSPS) is 18.6. The van der Waals surface area contributed by atoms with Gasteiger partial charge in [0.1, 0.15) is 10.8 Å². The number of hydrogen-bond donors (Lipinski definition) is 0. The van der Waals surface area contributed by atoms with E-state index in [9.17, 15) is 4.79 Å². The number of aromatic nitrogens is 2. The van der Waals surface area contributed by atoms with Crippen LogP contribution < -0.4 is 0 Å². The molecule has 1 aromatic rings. The zero-order valence-electron chi connectivity index (χ0n) is 13.8. The molecule has 0 saturated carbocycles. The molecule has 6 nitrogen and oxygen atoms in total. The monoisotopic (exact) mass is 360 g/mol. The Morgan fingerprint density at radius 3 is 2.78 bits per heavy atom. The minimum Gasteiger partial charge on any atom is -0.444 e. The van der Waals surface area contributed by atoms with Crippen molar-refractivity contribution < 1.29 is 9.53 Å². The average Bonchev–Trinajstić information content (AvgIpc) is 2.90. The summed E-state index contributed by atoms with van der Waals surface area (Å²) in [5, 5.41) is 0.497. The van der Waals surface area contributed by atoms with Gasteiger partial charge >= 0.3 is 6.09 Å². The molecule has 1 atom stereocenters. The summed E-state index contributed by atoms with van der Waals surface area (Å²) in [5.74, 6) is 0. The van der Waals surface area contributed by atoms with Crippen LogP contribution in [0.2, 0.25) is 10.4 Å². The molecule has 0 aliphatic carbocycles. The van der Waals surface area contributed by atoms with E-state index >= 15 is 0 Å². The van der Waals surface area contributed by atoms with Crippen molar-refractivity contribution in [1.29, 1.82) is 0 Å². The highest BCUT2D eigenvalue weighted by Gasteiger charge is 2.31. The number of likely N-dealkylation sites (N-methyl/N-ethyl adjacent to an activating group) is 1. The first kappa shape index (κ1) is 18.2. The highest BCUT2D eigenvalue weighted by molar-refractivity contribution is 6.32. The van der Waals surface area contributed by atoms with Crippen molar-refractivity contribution in [3.05, 3.63) is 22.2 Å². The van der Waals surface area contributed by atoms with E-state index in [1.165, 1.54) is 0 Å². The van der Waals surface area contributed by atoms with E-state index in [4.69, 9.17) is 27.9 Å². The molecule has 1 saturated heterocycles. The smallest absolute Gasteiger partial charge is 0.410 e. The summed E-state index contributed by atoms with van der Waals surface area (Å²) in [7, 11) is 1.99. The number of carbonyl (C=O) groups excluding carboxylic acids is 1. The highest BCUT2D eigenvalue weighted by atomic mass is 35.5. The van der Waals surface area contributed by atoms with Gasteiger partial charge in [0.25, 0.3) is 0 Å². The Balaban J connectivity index is 1.92. The third-order valence-corrected chi connectivity index (χ3v) is 4.15. The maximum absolute atomic E-state index is 12.1. The van der Waals surface area contributed by atoms with Crippen LogP contribution in [0.5, 0.6) is 0 Å². The standard InChI is InChI=1S/C15H22Cl2N4O2/c1-15(2,3)23-14(22)21-6-5-11(9-21)20(4)8-10-7-18-13(17)19-12(10)16/h7,11H,5-6,8-9H2,1-4H3. The third-order valence-electron chi connectivity index (χ3n) is 3.64. The van der Waals surface area contributed by atoms with Crippen LogP contribution in [0.4, 0.5) is 4.79 Å². The van der Waals surface area contributed by atoms with E-state index in [1.54, 1.807) is 11.1 Å². The van der Waals surface area contributed by atoms with Crippen molar-refractivity contribution >= 4 is 29.3 Å². The summed E-state index contributed by atoms with van der Waals surface area (Å²) in [5.41, 5.74) is 0.337. The first-order valence-corrected chi connectivity index (χ1v) is 8.26. The largest absolute Gasteiger partial charge is 0.444 e. The van der Waals surface area contributed by atoms with Crippen LogP contribution in [0.15, 0.2) is 6.20 Å². The van der Waals surface area contributed by atoms with Gasteiger partial charge in [-0.05, 0) is 45.8 Å². The molecule has 0 bridgehead atoms. The maximum atomic E-state index is 12.1. The number of ether oxygens (including phenoxy) is 1. The molecule has 2 heterocycles. The van der Waals surface area contributed by atoms with Crippen molar-refractivity contribution in [2.24, 2.45) is 0 Å². The highest BCUT2D eigenvalue weighted by Crippen LogP contribution is 2.21. The number of rotatable bonds is 3. The molecular formula is C15H22Cl2N4O2. The first-order chi connectivity index (χ1) is 10.7. The van der Waals surface area contributed by atoms with Crippen LogP contribution in [0.3, 0.4) is 0 Å². The molecular weight excluding hydrogens is 339 g/mol. The van der Waals surface area contributed by atoms with Crippen molar-refractivity contribution in [3.63, 3.8) is 0 Å². The molecule has 0 radical (unpaired) electrons. The van der Waals surface area contributed by atoms with Crippen LogP contribution in [0, 0.1) is 0 Å². The van der Waals surface area contributed by atoms with E-state index in [1.807, 2.05) is 27.8 Å². The second kappa shape index (κ2) is 7.20. The van der Waals surface area contributed by atoms with Gasteiger partial charge in [0.2, 0.25) is 5.28 Å². The second-order valence-electron chi connectivity index (χ2n) is 6.74. The van der Waals surface area contributed by atoms with Gasteiger partial charge in [-0.3, -0.25) is 4.90 Å². The summed E-state index contributed by atoms with van der Waals surface area (Å²) in [6.07, 6.45) is 2.26. The summed E-state index contributed by atoms with van der Waals surface area (Å²) < 4.78 is 5.41. The molecule has 1 unspecified atom stereocenters. The summed E-state index contributed by atoms with van der Waals surface area (Å²) in [6.45, 7) is 7.53. The molecule has 2 rings (SSSR count). The SMILES string of the molecule is CN(Cc1cnc(Cl)nc1Cl)C1CCN(C(=O)OC(C)(C)C)C1. The lowest BCUT2D eigenvalue weighted by Gasteiger charge is -2.26. The van der Waals surface area contributed by atoms with Gasteiger partial charge in [-0.1, -0.05) is 11.6 Å². The number of hydrogen-bond acceptors (Lipinski definition) is 5. The molecule has 0 aromatic carbocycles. The van der Waals surface area contributed by atoms with Crippen LogP contribution in [-0.4, -0.2) is 57.6 Å². The Labute approximate surface area is 146 Å². The molecule has 1 aromatic heterocycles. The molecule has 1 aliphatic rings. The molecule has 1 aliphatic heterocycles. The first-order valence-electron chi connectivity index (χ1n) is 7.51. The zero-order valence-corrected chi connectivity index (χ0v) is 15.4. The molecule has 23 heavy (non-hydrogen) atoms. The lowest BCUT2D eigenvalue weighted by molar-refractivity contribution is 0.0282. The Kier molecular flexibility index (Phi) is 5.70. The Bertz CT molecular complexity index is 577. The van der Waals surface area contributed by atoms with E-state index < -0.39 is 5.60 Å². The van der Waals surface area contributed by atoms with Crippen LogP contribution in [0.1, 0.15) is 32.8 Å². The predicted molar refractivity (Wildman–Crippen MR) is 89.7 cm³/mol. The fourth-order valence-corrected chi connectivity index (χ4v) is 2.83. The lowest BCUT2D eigenvalue weighted by atomic mass is 10.2. The van der Waals surface area contributed by atoms with Crippen molar-refractivity contribution in [2.75, 3.05) is 20.1 Å². The van der Waals surface area contributed by atoms with Gasteiger partial charge in [0, 0.05) is 37.4 Å². The molecule has 0 spiro atoms. The average molecular weight is 361 g/mol. The number of likely N-dealkylation sites (tertiary alicyclic amines) is 1. The summed E-state index contributed by atoms with van der Waals surface area (Å²) in [6, 6.07) is 0.245. The van der Waals surface area contributed by atoms with Gasteiger partial charge in [-0.25, -0.2) is 14.8 Å². The summed E-state index contributed by atoms with van der Waals surface area (Å²) >= 11 is 11.8.